The maximum atomic E-state index is 12.7. The molecule has 3 N–H and O–H groups in total. The highest BCUT2D eigenvalue weighted by molar-refractivity contribution is 6.30. The van der Waals surface area contributed by atoms with Crippen molar-refractivity contribution in [1.82, 2.24) is 4.90 Å². The van der Waals surface area contributed by atoms with Crippen LogP contribution >= 0.6 is 11.6 Å². The van der Waals surface area contributed by atoms with Crippen molar-refractivity contribution in [2.75, 3.05) is 19.7 Å². The highest BCUT2D eigenvalue weighted by Gasteiger charge is 2.27. The molecule has 0 aromatic heterocycles. The topological polar surface area (TPSA) is 49.5 Å². The normalized spacial score (nSPS) is 14.8. The zero-order chi connectivity index (χ0) is 15.1. The smallest absolute Gasteiger partial charge is 0.251 e. The van der Waals surface area contributed by atoms with E-state index in [0.29, 0.717) is 11.4 Å². The predicted octanol–water partition coefficient (Wildman–Crippen LogP) is 2.68. The Hall–Kier alpha value is -0.750. The molecule has 0 fully saturated rings. The number of benzene rings is 1. The maximum Gasteiger partial charge on any atom is 0.251 e. The van der Waals surface area contributed by atoms with Gasteiger partial charge in [-0.25, -0.2) is 8.78 Å². The molecule has 0 saturated heterocycles. The van der Waals surface area contributed by atoms with Crippen molar-refractivity contribution in [2.45, 2.75) is 31.9 Å². The molecule has 0 amide bonds. The average molecular weight is 307 g/mol. The summed E-state index contributed by atoms with van der Waals surface area (Å²) in [6.07, 6.45) is -1.82. The van der Waals surface area contributed by atoms with Gasteiger partial charge in [0.1, 0.15) is 0 Å². The van der Waals surface area contributed by atoms with E-state index in [1.165, 1.54) is 4.90 Å². The van der Waals surface area contributed by atoms with E-state index in [0.717, 1.165) is 5.56 Å². The molecule has 0 aliphatic heterocycles. The molecule has 0 aliphatic carbocycles. The number of halogens is 3. The van der Waals surface area contributed by atoms with Crippen molar-refractivity contribution in [3.05, 3.63) is 34.9 Å². The van der Waals surface area contributed by atoms with Gasteiger partial charge in [0.25, 0.3) is 6.43 Å². The number of aliphatic hydroxyl groups excluding tert-OH is 1. The third-order valence-corrected chi connectivity index (χ3v) is 3.49. The molecule has 0 spiro atoms. The Morgan fingerprint density at radius 1 is 1.30 bits per heavy atom. The Balaban J connectivity index is 3.04. The van der Waals surface area contributed by atoms with E-state index < -0.39 is 13.0 Å². The van der Waals surface area contributed by atoms with E-state index >= 15 is 0 Å². The van der Waals surface area contributed by atoms with Crippen LogP contribution in [0.5, 0.6) is 0 Å². The van der Waals surface area contributed by atoms with Crippen molar-refractivity contribution in [3.8, 4) is 0 Å². The van der Waals surface area contributed by atoms with Crippen LogP contribution in [0.1, 0.15) is 24.9 Å². The first-order chi connectivity index (χ1) is 9.49. The molecule has 0 saturated carbocycles. The third kappa shape index (κ3) is 4.98. The zero-order valence-electron chi connectivity index (χ0n) is 11.5. The summed E-state index contributed by atoms with van der Waals surface area (Å²) in [4.78, 5) is 1.53. The minimum atomic E-state index is -2.47. The first-order valence-electron chi connectivity index (χ1n) is 6.63. The summed E-state index contributed by atoms with van der Waals surface area (Å²) in [5.41, 5.74) is 6.92. The van der Waals surface area contributed by atoms with E-state index in [1.54, 1.807) is 24.3 Å². The van der Waals surface area contributed by atoms with Crippen LogP contribution in [0.4, 0.5) is 8.78 Å². The summed E-state index contributed by atoms with van der Waals surface area (Å²) in [5.74, 6) is 0. The van der Waals surface area contributed by atoms with Crippen molar-refractivity contribution in [3.63, 3.8) is 0 Å². The number of rotatable bonds is 8. The van der Waals surface area contributed by atoms with Gasteiger partial charge in [0.05, 0.1) is 19.2 Å². The fourth-order valence-electron chi connectivity index (χ4n) is 2.26. The maximum absolute atomic E-state index is 12.7. The van der Waals surface area contributed by atoms with E-state index in [4.69, 9.17) is 22.4 Å². The van der Waals surface area contributed by atoms with Crippen LogP contribution in [0.3, 0.4) is 0 Å². The van der Waals surface area contributed by atoms with Crippen LogP contribution in [0, 0.1) is 0 Å². The molecule has 114 valence electrons. The lowest BCUT2D eigenvalue weighted by Gasteiger charge is -2.35. The lowest BCUT2D eigenvalue weighted by atomic mass is 9.96. The molecule has 6 heteroatoms. The van der Waals surface area contributed by atoms with Crippen molar-refractivity contribution < 1.29 is 13.9 Å². The van der Waals surface area contributed by atoms with Crippen molar-refractivity contribution in [2.24, 2.45) is 5.73 Å². The van der Waals surface area contributed by atoms with Crippen LogP contribution in [0.25, 0.3) is 0 Å². The molecule has 0 bridgehead atoms. The van der Waals surface area contributed by atoms with Gasteiger partial charge in [0.2, 0.25) is 0 Å². The standard InChI is InChI=1S/C14H21ClF2N2O/c1-2-12(18)14(10-3-5-11(15)6-4-10)19(7-8-20)9-13(16)17/h3-6,12-14,20H,2,7-9,18H2,1H3. The van der Waals surface area contributed by atoms with Crippen LogP contribution in [0.2, 0.25) is 5.02 Å². The molecule has 1 rings (SSSR count). The Labute approximate surface area is 123 Å². The molecule has 0 aliphatic rings. The van der Waals surface area contributed by atoms with Gasteiger partial charge in [0.15, 0.2) is 0 Å². The number of nitrogens with zero attached hydrogens (tertiary/aromatic N) is 1. The summed E-state index contributed by atoms with van der Waals surface area (Å²) < 4.78 is 25.5. The van der Waals surface area contributed by atoms with Gasteiger partial charge in [-0.05, 0) is 24.1 Å². The largest absolute Gasteiger partial charge is 0.395 e. The Bertz CT molecular complexity index is 389. The van der Waals surface area contributed by atoms with Gasteiger partial charge >= 0.3 is 0 Å². The number of hydrogen-bond acceptors (Lipinski definition) is 3. The Morgan fingerprint density at radius 2 is 1.90 bits per heavy atom. The lowest BCUT2D eigenvalue weighted by molar-refractivity contribution is 0.0466. The monoisotopic (exact) mass is 306 g/mol. The molecule has 1 aromatic carbocycles. The number of alkyl halides is 2. The van der Waals surface area contributed by atoms with E-state index in [9.17, 15) is 8.78 Å². The average Bonchev–Trinajstić information content (AvgIpc) is 2.40. The first-order valence-corrected chi connectivity index (χ1v) is 7.01. The minimum absolute atomic E-state index is 0.158. The molecule has 1 aromatic rings. The van der Waals surface area contributed by atoms with Gasteiger partial charge < -0.3 is 10.8 Å². The van der Waals surface area contributed by atoms with Gasteiger partial charge in [-0.3, -0.25) is 4.90 Å². The summed E-state index contributed by atoms with van der Waals surface area (Å²) in [7, 11) is 0. The first kappa shape index (κ1) is 17.3. The van der Waals surface area contributed by atoms with Crippen molar-refractivity contribution >= 4 is 11.6 Å². The van der Waals surface area contributed by atoms with E-state index in [1.807, 2.05) is 6.92 Å². The Kier molecular flexibility index (Phi) is 7.37. The second kappa shape index (κ2) is 8.52. The molecule has 20 heavy (non-hydrogen) atoms. The second-order valence-corrected chi connectivity index (χ2v) is 5.11. The van der Waals surface area contributed by atoms with Crippen LogP contribution in [0.15, 0.2) is 24.3 Å². The highest BCUT2D eigenvalue weighted by atomic mass is 35.5. The van der Waals surface area contributed by atoms with Gasteiger partial charge in [-0.2, -0.15) is 0 Å². The van der Waals surface area contributed by atoms with E-state index in [2.05, 4.69) is 0 Å². The second-order valence-electron chi connectivity index (χ2n) is 4.68. The molecular formula is C14H21ClF2N2O. The van der Waals surface area contributed by atoms with E-state index in [-0.39, 0.29) is 25.2 Å². The molecule has 2 unspecified atom stereocenters. The predicted molar refractivity (Wildman–Crippen MR) is 77.1 cm³/mol. The third-order valence-electron chi connectivity index (χ3n) is 3.24. The quantitative estimate of drug-likeness (QED) is 0.776. The summed E-state index contributed by atoms with van der Waals surface area (Å²) in [5, 5.41) is 9.68. The number of nitrogens with two attached hydrogens (primary N) is 1. The van der Waals surface area contributed by atoms with Crippen LogP contribution in [-0.4, -0.2) is 42.2 Å². The molecular weight excluding hydrogens is 286 g/mol. The summed E-state index contributed by atoms with van der Waals surface area (Å²) in [6.45, 7) is 1.47. The van der Waals surface area contributed by atoms with Crippen molar-refractivity contribution in [1.29, 1.82) is 0 Å². The number of aliphatic hydroxyl groups is 1. The lowest BCUT2D eigenvalue weighted by Crippen LogP contribution is -2.44. The number of hydrogen-bond donors (Lipinski definition) is 2. The van der Waals surface area contributed by atoms with Crippen LogP contribution in [-0.2, 0) is 0 Å². The highest BCUT2D eigenvalue weighted by Crippen LogP contribution is 2.27. The minimum Gasteiger partial charge on any atom is -0.395 e. The SMILES string of the molecule is CCC(N)C(c1ccc(Cl)cc1)N(CCO)CC(F)F. The fourth-order valence-corrected chi connectivity index (χ4v) is 2.39. The Morgan fingerprint density at radius 3 is 2.35 bits per heavy atom. The fraction of sp³-hybridized carbons (Fsp3) is 0.571. The van der Waals surface area contributed by atoms with Gasteiger partial charge in [0, 0.05) is 17.6 Å². The summed E-state index contributed by atoms with van der Waals surface area (Å²) in [6, 6.07) is 6.36. The molecule has 2 atom stereocenters. The van der Waals surface area contributed by atoms with Gasteiger partial charge in [-0.1, -0.05) is 30.7 Å². The molecule has 3 nitrogen and oxygen atoms in total. The molecule has 0 radical (unpaired) electrons. The van der Waals surface area contributed by atoms with Crippen LogP contribution < -0.4 is 5.73 Å². The molecule has 0 heterocycles. The van der Waals surface area contributed by atoms with Gasteiger partial charge in [-0.15, -0.1) is 0 Å². The summed E-state index contributed by atoms with van der Waals surface area (Å²) >= 11 is 5.85. The zero-order valence-corrected chi connectivity index (χ0v) is 12.2.